The number of ether oxygens (including phenoxy) is 4. The Morgan fingerprint density at radius 3 is 2.17 bits per heavy atom. The van der Waals surface area contributed by atoms with Gasteiger partial charge in [-0.15, -0.1) is 0 Å². The minimum atomic E-state index is -1.76. The molecule has 7 N–H and O–H groups in total. The number of hydrogen-bond donors (Lipinski definition) is 7. The minimum Gasteiger partial charge on any atom is -0.462 e. The van der Waals surface area contributed by atoms with Crippen LogP contribution in [0.4, 0.5) is 0 Å². The molecule has 10 atom stereocenters. The molecule has 13 heteroatoms. The first kappa shape index (κ1) is 25.9. The van der Waals surface area contributed by atoms with E-state index in [9.17, 15) is 40.5 Å². The molecule has 4 rings (SSSR count). The summed E-state index contributed by atoms with van der Waals surface area (Å²) >= 11 is 0. The number of rotatable bonds is 6. The van der Waals surface area contributed by atoms with Crippen molar-refractivity contribution in [2.24, 2.45) is 0 Å². The quantitative estimate of drug-likeness (QED) is 0.199. The van der Waals surface area contributed by atoms with Crippen molar-refractivity contribution in [2.45, 2.75) is 68.3 Å². The topological polar surface area (TPSA) is 209 Å². The Labute approximate surface area is 198 Å². The van der Waals surface area contributed by atoms with Crippen LogP contribution in [0, 0.1) is 6.92 Å². The highest BCUT2D eigenvalue weighted by atomic mass is 16.7. The number of aliphatic hydroxyl groups excluding tert-OH is 7. The summed E-state index contributed by atoms with van der Waals surface area (Å²) in [5.74, 6) is 0.146. The summed E-state index contributed by atoms with van der Waals surface area (Å²) < 4.78 is 27.1. The maximum absolute atomic E-state index is 11.7. The second kappa shape index (κ2) is 10.4. The standard InChI is InChI=1S/C22H28O13/c1-8-4-14(25)32-11-5-9(2-3-10(8)11)31-21-19(30)17(28)20(13(7-24)34-21)35-22-18(29)16(27)15(26)12(6-23)33-22/h2-5,12-13,15-24,26-30H,6-7H2,1H3/t12-,13+,15+,16-,17+,18+,19+,20+,21+,22-/m0/s1. The van der Waals surface area contributed by atoms with E-state index < -0.39 is 80.3 Å². The van der Waals surface area contributed by atoms with Crippen molar-refractivity contribution >= 4 is 11.0 Å². The van der Waals surface area contributed by atoms with Gasteiger partial charge in [-0.2, -0.15) is 0 Å². The average Bonchev–Trinajstić information content (AvgIpc) is 2.83. The van der Waals surface area contributed by atoms with E-state index in [1.165, 1.54) is 12.1 Å². The molecule has 1 aromatic carbocycles. The van der Waals surface area contributed by atoms with Crippen LogP contribution in [-0.4, -0.2) is 110 Å². The number of benzene rings is 1. The third-order valence-corrected chi connectivity index (χ3v) is 6.14. The predicted molar refractivity (Wildman–Crippen MR) is 114 cm³/mol. The Morgan fingerprint density at radius 1 is 0.829 bits per heavy atom. The van der Waals surface area contributed by atoms with Crippen LogP contribution in [0.2, 0.25) is 0 Å². The van der Waals surface area contributed by atoms with Gasteiger partial charge in [-0.05, 0) is 24.6 Å². The molecule has 194 valence electrons. The summed E-state index contributed by atoms with van der Waals surface area (Å²) in [4.78, 5) is 11.7. The molecule has 13 nitrogen and oxygen atoms in total. The first-order chi connectivity index (χ1) is 16.6. The Bertz CT molecular complexity index is 1070. The van der Waals surface area contributed by atoms with Gasteiger partial charge in [-0.3, -0.25) is 0 Å². The molecule has 2 aromatic rings. The Kier molecular flexibility index (Phi) is 7.73. The summed E-state index contributed by atoms with van der Waals surface area (Å²) in [5, 5.41) is 71.1. The second-order valence-corrected chi connectivity index (χ2v) is 8.53. The highest BCUT2D eigenvalue weighted by molar-refractivity contribution is 5.81. The van der Waals surface area contributed by atoms with Gasteiger partial charge in [0.05, 0.1) is 13.2 Å². The molecule has 35 heavy (non-hydrogen) atoms. The van der Waals surface area contributed by atoms with Crippen LogP contribution in [0.15, 0.2) is 33.5 Å². The number of hydrogen-bond acceptors (Lipinski definition) is 13. The third kappa shape index (κ3) is 5.06. The van der Waals surface area contributed by atoms with E-state index in [1.807, 2.05) is 0 Å². The summed E-state index contributed by atoms with van der Waals surface area (Å²) in [7, 11) is 0. The van der Waals surface area contributed by atoms with Crippen molar-refractivity contribution in [1.82, 2.24) is 0 Å². The number of aryl methyl sites for hydroxylation is 1. The zero-order valence-corrected chi connectivity index (χ0v) is 18.6. The lowest BCUT2D eigenvalue weighted by Crippen LogP contribution is -2.65. The molecule has 0 saturated carbocycles. The highest BCUT2D eigenvalue weighted by Crippen LogP contribution is 2.31. The van der Waals surface area contributed by atoms with E-state index in [2.05, 4.69) is 0 Å². The van der Waals surface area contributed by atoms with Crippen LogP contribution in [0.25, 0.3) is 11.0 Å². The first-order valence-corrected chi connectivity index (χ1v) is 10.9. The van der Waals surface area contributed by atoms with E-state index in [4.69, 9.17) is 23.4 Å². The molecule has 3 heterocycles. The van der Waals surface area contributed by atoms with Crippen molar-refractivity contribution in [3.8, 4) is 5.75 Å². The first-order valence-electron chi connectivity index (χ1n) is 10.9. The lowest BCUT2D eigenvalue weighted by atomic mass is 9.97. The van der Waals surface area contributed by atoms with Crippen molar-refractivity contribution in [3.63, 3.8) is 0 Å². The van der Waals surface area contributed by atoms with Crippen LogP contribution in [0.5, 0.6) is 5.75 Å². The normalized spacial score (nSPS) is 37.9. The molecular formula is C22H28O13. The molecule has 2 saturated heterocycles. The van der Waals surface area contributed by atoms with Crippen molar-refractivity contribution < 1.29 is 59.1 Å². The molecule has 0 aliphatic carbocycles. The fourth-order valence-electron chi connectivity index (χ4n) is 4.17. The van der Waals surface area contributed by atoms with Crippen LogP contribution >= 0.6 is 0 Å². The van der Waals surface area contributed by atoms with E-state index in [1.54, 1.807) is 19.1 Å². The van der Waals surface area contributed by atoms with E-state index in [0.29, 0.717) is 10.9 Å². The molecule has 0 spiro atoms. The van der Waals surface area contributed by atoms with E-state index in [0.717, 1.165) is 0 Å². The lowest BCUT2D eigenvalue weighted by molar-refractivity contribution is -0.352. The van der Waals surface area contributed by atoms with Crippen LogP contribution in [0.1, 0.15) is 5.56 Å². The molecule has 2 fully saturated rings. The smallest absolute Gasteiger partial charge is 0.336 e. The molecule has 2 aliphatic heterocycles. The Morgan fingerprint density at radius 2 is 1.49 bits per heavy atom. The zero-order chi connectivity index (χ0) is 25.4. The van der Waals surface area contributed by atoms with Gasteiger partial charge >= 0.3 is 5.63 Å². The third-order valence-electron chi connectivity index (χ3n) is 6.14. The van der Waals surface area contributed by atoms with Crippen molar-refractivity contribution in [2.75, 3.05) is 13.2 Å². The van der Waals surface area contributed by atoms with E-state index >= 15 is 0 Å². The second-order valence-electron chi connectivity index (χ2n) is 8.53. The molecule has 0 radical (unpaired) electrons. The van der Waals surface area contributed by atoms with Gasteiger partial charge in [0.2, 0.25) is 6.29 Å². The molecule has 0 amide bonds. The van der Waals surface area contributed by atoms with Crippen LogP contribution in [0.3, 0.4) is 0 Å². The molecule has 2 aliphatic rings. The predicted octanol–water partition coefficient (Wildman–Crippen LogP) is -2.90. The summed E-state index contributed by atoms with van der Waals surface area (Å²) in [5.41, 5.74) is 0.381. The average molecular weight is 500 g/mol. The molecule has 1 aromatic heterocycles. The van der Waals surface area contributed by atoms with E-state index in [-0.39, 0.29) is 11.3 Å². The minimum absolute atomic E-state index is 0.146. The fourth-order valence-corrected chi connectivity index (χ4v) is 4.17. The molecule has 0 unspecified atom stereocenters. The van der Waals surface area contributed by atoms with Gasteiger partial charge < -0.3 is 59.1 Å². The number of fused-ring (bicyclic) bond motifs is 1. The van der Waals surface area contributed by atoms with Crippen molar-refractivity contribution in [3.05, 3.63) is 40.2 Å². The largest absolute Gasteiger partial charge is 0.462 e. The number of aliphatic hydroxyl groups is 7. The zero-order valence-electron chi connectivity index (χ0n) is 18.6. The lowest BCUT2D eigenvalue weighted by Gasteiger charge is -2.45. The maximum Gasteiger partial charge on any atom is 0.336 e. The Balaban J connectivity index is 1.50. The monoisotopic (exact) mass is 500 g/mol. The van der Waals surface area contributed by atoms with Gasteiger partial charge in [-0.25, -0.2) is 4.79 Å². The summed E-state index contributed by atoms with van der Waals surface area (Å²) in [6.45, 7) is 0.352. The van der Waals surface area contributed by atoms with Gasteiger partial charge in [0.15, 0.2) is 6.29 Å². The molecule has 0 bridgehead atoms. The molecular weight excluding hydrogens is 472 g/mol. The van der Waals surface area contributed by atoms with Crippen LogP contribution < -0.4 is 10.4 Å². The summed E-state index contributed by atoms with van der Waals surface area (Å²) in [6.07, 6.45) is -15.6. The highest BCUT2D eigenvalue weighted by Gasteiger charge is 2.51. The maximum atomic E-state index is 11.7. The fraction of sp³-hybridized carbons (Fsp3) is 0.591. The SMILES string of the molecule is Cc1cc(=O)oc2cc(O[C@@H]3O[C@H](CO)[C@@H](O[C@@H]4O[C@@H](CO)[C@@H](O)[C@H](O)[C@H]4O)[C@H](O)[C@H]3O)ccc12. The Hall–Kier alpha value is -2.17. The van der Waals surface area contributed by atoms with Crippen molar-refractivity contribution in [1.29, 1.82) is 0 Å². The van der Waals surface area contributed by atoms with Gasteiger partial charge in [0.25, 0.3) is 0 Å². The van der Waals surface area contributed by atoms with Gasteiger partial charge in [0.1, 0.15) is 60.2 Å². The van der Waals surface area contributed by atoms with Crippen LogP contribution in [-0.2, 0) is 14.2 Å². The summed E-state index contributed by atoms with van der Waals surface area (Å²) in [6, 6.07) is 5.94. The van der Waals surface area contributed by atoms with Gasteiger partial charge in [-0.1, -0.05) is 0 Å². The van der Waals surface area contributed by atoms with Gasteiger partial charge in [0, 0.05) is 17.5 Å².